The molecule has 1 heterocycles. The average molecular weight is 191 g/mol. The minimum atomic E-state index is 0.0874. The lowest BCUT2D eigenvalue weighted by Gasteiger charge is -1.98. The highest BCUT2D eigenvalue weighted by molar-refractivity contribution is 7.17. The van der Waals surface area contributed by atoms with Gasteiger partial charge >= 0.3 is 0 Å². The Morgan fingerprint density at radius 3 is 3.09 bits per heavy atom. The fourth-order valence-electron chi connectivity index (χ4n) is 0.565. The molecule has 1 N–H and O–H groups in total. The van der Waals surface area contributed by atoms with Crippen LogP contribution in [0.15, 0.2) is 6.20 Å². The highest BCUT2D eigenvalue weighted by Gasteiger charge is 2.06. The Morgan fingerprint density at radius 1 is 1.91 bits per heavy atom. The number of hydrogen-bond acceptors (Lipinski definition) is 4. The van der Waals surface area contributed by atoms with Crippen LogP contribution in [0.4, 0.5) is 0 Å². The number of aromatic nitrogens is 1. The smallest absolute Gasteiger partial charge is 0.243 e. The maximum absolute atomic E-state index is 7.31. The Balaban J connectivity index is 2.69. The highest BCUT2D eigenvalue weighted by atomic mass is 35.5. The number of nitrogens with zero attached hydrogens (tertiary/aromatic N) is 1. The summed E-state index contributed by atoms with van der Waals surface area (Å²) < 4.78 is 5.49. The van der Waals surface area contributed by atoms with Crippen LogP contribution in [0, 0.1) is 5.41 Å². The van der Waals surface area contributed by atoms with E-state index in [0.717, 1.165) is 0 Å². The van der Waals surface area contributed by atoms with E-state index >= 15 is 0 Å². The molecule has 1 rings (SSSR count). The maximum atomic E-state index is 7.31. The van der Waals surface area contributed by atoms with Crippen molar-refractivity contribution in [2.75, 3.05) is 6.61 Å². The van der Waals surface area contributed by atoms with Crippen molar-refractivity contribution in [3.63, 3.8) is 0 Å². The SMILES string of the molecule is CCOC(=N)c1ncc(Cl)s1. The lowest BCUT2D eigenvalue weighted by molar-refractivity contribution is 0.325. The Labute approximate surface area is 73.5 Å². The number of halogens is 1. The molecule has 1 aromatic rings. The molecule has 0 aromatic carbocycles. The third-order valence-corrected chi connectivity index (χ3v) is 2.07. The first-order valence-electron chi connectivity index (χ1n) is 3.07. The first-order chi connectivity index (χ1) is 5.24. The molecule has 0 bridgehead atoms. The van der Waals surface area contributed by atoms with Gasteiger partial charge in [0.2, 0.25) is 5.90 Å². The number of thiazole rings is 1. The van der Waals surface area contributed by atoms with E-state index in [-0.39, 0.29) is 5.90 Å². The van der Waals surface area contributed by atoms with Crippen molar-refractivity contribution in [1.82, 2.24) is 4.98 Å². The van der Waals surface area contributed by atoms with Crippen molar-refractivity contribution in [1.29, 1.82) is 5.41 Å². The van der Waals surface area contributed by atoms with Crippen molar-refractivity contribution < 1.29 is 4.74 Å². The molecule has 0 unspecified atom stereocenters. The quantitative estimate of drug-likeness (QED) is 0.574. The topological polar surface area (TPSA) is 46.0 Å². The normalized spacial score (nSPS) is 9.64. The molecule has 60 valence electrons. The Bertz CT molecular complexity index is 261. The van der Waals surface area contributed by atoms with E-state index in [1.807, 2.05) is 6.92 Å². The molecule has 0 aliphatic rings. The zero-order valence-corrected chi connectivity index (χ0v) is 7.50. The van der Waals surface area contributed by atoms with E-state index in [9.17, 15) is 0 Å². The van der Waals surface area contributed by atoms with Gasteiger partial charge in [0.15, 0.2) is 5.01 Å². The first kappa shape index (κ1) is 8.49. The third kappa shape index (κ3) is 2.17. The molecule has 0 spiro atoms. The Hall–Kier alpha value is -0.610. The Kier molecular flexibility index (Phi) is 2.84. The van der Waals surface area contributed by atoms with Crippen molar-refractivity contribution in [2.24, 2.45) is 0 Å². The second-order valence-corrected chi connectivity index (χ2v) is 3.39. The molecule has 3 nitrogen and oxygen atoms in total. The van der Waals surface area contributed by atoms with Gasteiger partial charge in [-0.1, -0.05) is 22.9 Å². The van der Waals surface area contributed by atoms with E-state index in [4.69, 9.17) is 21.7 Å². The fourth-order valence-corrected chi connectivity index (χ4v) is 1.38. The molecule has 0 radical (unpaired) electrons. The van der Waals surface area contributed by atoms with Crippen molar-refractivity contribution >= 4 is 28.8 Å². The summed E-state index contributed by atoms with van der Waals surface area (Å²) in [5, 5.41) is 7.83. The lowest BCUT2D eigenvalue weighted by atomic mass is 10.7. The first-order valence-corrected chi connectivity index (χ1v) is 4.26. The minimum absolute atomic E-state index is 0.0874. The number of ether oxygens (including phenoxy) is 1. The molecule has 0 saturated heterocycles. The highest BCUT2D eigenvalue weighted by Crippen LogP contribution is 2.18. The van der Waals surface area contributed by atoms with E-state index in [1.54, 1.807) is 0 Å². The van der Waals surface area contributed by atoms with Gasteiger partial charge in [0.05, 0.1) is 12.8 Å². The van der Waals surface area contributed by atoms with Gasteiger partial charge in [-0.3, -0.25) is 5.41 Å². The van der Waals surface area contributed by atoms with Gasteiger partial charge in [0.1, 0.15) is 4.34 Å². The summed E-state index contributed by atoms with van der Waals surface area (Å²) in [5.74, 6) is 0.0874. The second kappa shape index (κ2) is 3.69. The summed E-state index contributed by atoms with van der Waals surface area (Å²) in [6.07, 6.45) is 1.51. The summed E-state index contributed by atoms with van der Waals surface area (Å²) in [7, 11) is 0. The van der Waals surface area contributed by atoms with Gasteiger partial charge in [0, 0.05) is 0 Å². The monoisotopic (exact) mass is 190 g/mol. The predicted octanol–water partition coefficient (Wildman–Crippen LogP) is 2.16. The van der Waals surface area contributed by atoms with Gasteiger partial charge in [-0.25, -0.2) is 4.98 Å². The van der Waals surface area contributed by atoms with Crippen LogP contribution in [0.5, 0.6) is 0 Å². The molecular weight excluding hydrogens is 184 g/mol. The molecule has 0 aliphatic carbocycles. The molecule has 11 heavy (non-hydrogen) atoms. The van der Waals surface area contributed by atoms with Crippen LogP contribution >= 0.6 is 22.9 Å². The molecule has 0 atom stereocenters. The Morgan fingerprint density at radius 2 is 2.64 bits per heavy atom. The molecule has 0 aliphatic heterocycles. The van der Waals surface area contributed by atoms with Gasteiger partial charge in [-0.15, -0.1) is 0 Å². The van der Waals surface area contributed by atoms with Gasteiger partial charge in [-0.05, 0) is 6.92 Å². The van der Waals surface area contributed by atoms with Gasteiger partial charge < -0.3 is 4.74 Å². The van der Waals surface area contributed by atoms with Crippen molar-refractivity contribution in [3.05, 3.63) is 15.5 Å². The average Bonchev–Trinajstić information content (AvgIpc) is 2.36. The number of rotatable bonds is 2. The molecule has 0 amide bonds. The third-order valence-electron chi connectivity index (χ3n) is 0.960. The summed E-state index contributed by atoms with van der Waals surface area (Å²) in [6, 6.07) is 0. The van der Waals surface area contributed by atoms with Crippen molar-refractivity contribution in [3.8, 4) is 0 Å². The van der Waals surface area contributed by atoms with E-state index in [2.05, 4.69) is 4.98 Å². The van der Waals surface area contributed by atoms with Crippen molar-refractivity contribution in [2.45, 2.75) is 6.92 Å². The zero-order chi connectivity index (χ0) is 8.27. The minimum Gasteiger partial charge on any atom is -0.476 e. The van der Waals surface area contributed by atoms with Crippen LogP contribution in [0.25, 0.3) is 0 Å². The van der Waals surface area contributed by atoms with E-state index in [1.165, 1.54) is 17.5 Å². The largest absolute Gasteiger partial charge is 0.476 e. The number of hydrogen-bond donors (Lipinski definition) is 1. The standard InChI is InChI=1S/C6H7ClN2OS/c1-2-10-5(8)6-9-3-4(7)11-6/h3,8H,2H2,1H3. The van der Waals surface area contributed by atoms with Crippen LogP contribution in [0.1, 0.15) is 11.9 Å². The molecule has 0 fully saturated rings. The van der Waals surface area contributed by atoms with E-state index < -0.39 is 0 Å². The molecule has 1 aromatic heterocycles. The molecule has 5 heteroatoms. The van der Waals surface area contributed by atoms with Gasteiger partial charge in [0.25, 0.3) is 0 Å². The van der Waals surface area contributed by atoms with E-state index in [0.29, 0.717) is 16.0 Å². The summed E-state index contributed by atoms with van der Waals surface area (Å²) in [6.45, 7) is 2.31. The maximum Gasteiger partial charge on any atom is 0.243 e. The lowest BCUT2D eigenvalue weighted by Crippen LogP contribution is -2.03. The van der Waals surface area contributed by atoms with Crippen LogP contribution in [-0.2, 0) is 4.74 Å². The molecular formula is C6H7ClN2OS. The number of nitrogens with one attached hydrogen (secondary N) is 1. The van der Waals surface area contributed by atoms with Crippen LogP contribution < -0.4 is 0 Å². The second-order valence-electron chi connectivity index (χ2n) is 1.73. The summed E-state index contributed by atoms with van der Waals surface area (Å²) in [4.78, 5) is 3.87. The summed E-state index contributed by atoms with van der Waals surface area (Å²) >= 11 is 6.85. The van der Waals surface area contributed by atoms with Crippen LogP contribution in [0.2, 0.25) is 4.34 Å². The summed E-state index contributed by atoms with van der Waals surface area (Å²) in [5.41, 5.74) is 0. The predicted molar refractivity (Wildman–Crippen MR) is 45.6 cm³/mol. The van der Waals surface area contributed by atoms with Crippen LogP contribution in [0.3, 0.4) is 0 Å². The zero-order valence-electron chi connectivity index (χ0n) is 5.93. The molecule has 0 saturated carbocycles. The fraction of sp³-hybridized carbons (Fsp3) is 0.333. The van der Waals surface area contributed by atoms with Crippen LogP contribution in [-0.4, -0.2) is 17.5 Å². The van der Waals surface area contributed by atoms with Gasteiger partial charge in [-0.2, -0.15) is 0 Å².